The molecule has 29 heavy (non-hydrogen) atoms. The molecule has 0 aromatic rings. The van der Waals surface area contributed by atoms with Crippen LogP contribution in [-0.4, -0.2) is 52.9 Å². The van der Waals surface area contributed by atoms with Gasteiger partial charge in [-0.2, -0.15) is 0 Å². The first-order valence-electron chi connectivity index (χ1n) is 10.1. The van der Waals surface area contributed by atoms with Gasteiger partial charge in [-0.3, -0.25) is 14.4 Å². The second-order valence-electron chi connectivity index (χ2n) is 9.39. The highest BCUT2D eigenvalue weighted by molar-refractivity contribution is 5.85. The highest BCUT2D eigenvalue weighted by atomic mass is 16.6. The maximum atomic E-state index is 12.6. The Morgan fingerprint density at radius 3 is 2.69 bits per heavy atom. The predicted octanol–water partition coefficient (Wildman–Crippen LogP) is 1.32. The molecule has 1 aliphatic heterocycles. The van der Waals surface area contributed by atoms with E-state index in [0.717, 1.165) is 0 Å². The Hall–Kier alpha value is -1.99. The van der Waals surface area contributed by atoms with Gasteiger partial charge in [0.1, 0.15) is 11.9 Å². The summed E-state index contributed by atoms with van der Waals surface area (Å²) >= 11 is 0. The summed E-state index contributed by atoms with van der Waals surface area (Å²) in [5, 5.41) is 22.5. The van der Waals surface area contributed by atoms with Gasteiger partial charge in [-0.25, -0.2) is 0 Å². The number of ketones is 1. The summed E-state index contributed by atoms with van der Waals surface area (Å²) in [5.74, 6) is -2.80. The van der Waals surface area contributed by atoms with Crippen LogP contribution in [0.1, 0.15) is 39.5 Å². The summed E-state index contributed by atoms with van der Waals surface area (Å²) in [6.07, 6.45) is 0.655. The van der Waals surface area contributed by atoms with Gasteiger partial charge in [0.2, 0.25) is 0 Å². The molecule has 3 aliphatic carbocycles. The number of carbonyl (C=O) groups excluding carboxylic acids is 3. The normalized spacial score (nSPS) is 43.8. The first kappa shape index (κ1) is 20.3. The Balaban J connectivity index is 1.93. The van der Waals surface area contributed by atoms with Crippen molar-refractivity contribution in [2.75, 3.05) is 7.11 Å². The van der Waals surface area contributed by atoms with Gasteiger partial charge in [0, 0.05) is 42.4 Å². The maximum Gasteiger partial charge on any atom is 0.313 e. The van der Waals surface area contributed by atoms with E-state index in [-0.39, 0.29) is 43.4 Å². The standard InChI is InChI=1S/C22H28O7/c1-10(2)12(7-17(25)28-4)14-6-13-18-15(29-20(13)26)9-21(3,27)19(18)22(14)8-11(23)5-16(22)24/h6,12-13,15-16,18-19,24,27H,1,5,7-9H2,2-4H3/t12-,13+,15+,16-,18+,19+,21-,22+/m0/s1. The lowest BCUT2D eigenvalue weighted by atomic mass is 9.52. The molecule has 1 spiro atoms. The van der Waals surface area contributed by atoms with Crippen molar-refractivity contribution in [1.82, 2.24) is 0 Å². The van der Waals surface area contributed by atoms with E-state index < -0.39 is 46.9 Å². The number of ether oxygens (including phenoxy) is 2. The molecular weight excluding hydrogens is 376 g/mol. The molecule has 2 saturated carbocycles. The molecule has 8 atom stereocenters. The van der Waals surface area contributed by atoms with Crippen LogP contribution in [0.15, 0.2) is 23.8 Å². The van der Waals surface area contributed by atoms with Gasteiger partial charge in [-0.1, -0.05) is 23.8 Å². The maximum absolute atomic E-state index is 12.6. The molecular formula is C22H28O7. The van der Waals surface area contributed by atoms with Gasteiger partial charge in [0.15, 0.2) is 0 Å². The second-order valence-corrected chi connectivity index (χ2v) is 9.39. The van der Waals surface area contributed by atoms with E-state index in [0.29, 0.717) is 11.1 Å². The molecule has 0 radical (unpaired) electrons. The van der Waals surface area contributed by atoms with Crippen molar-refractivity contribution in [1.29, 1.82) is 0 Å². The van der Waals surface area contributed by atoms with Crippen LogP contribution in [0, 0.1) is 29.1 Å². The number of hydrogen-bond acceptors (Lipinski definition) is 7. The smallest absolute Gasteiger partial charge is 0.313 e. The average molecular weight is 404 g/mol. The molecule has 0 bridgehead atoms. The Morgan fingerprint density at radius 2 is 2.14 bits per heavy atom. The summed E-state index contributed by atoms with van der Waals surface area (Å²) in [6, 6.07) is 0. The van der Waals surface area contributed by atoms with Crippen LogP contribution in [0.3, 0.4) is 0 Å². The topological polar surface area (TPSA) is 110 Å². The molecule has 0 amide bonds. The number of hydrogen-bond donors (Lipinski definition) is 2. The highest BCUT2D eigenvalue weighted by Crippen LogP contribution is 2.67. The molecule has 1 saturated heterocycles. The molecule has 0 aromatic heterocycles. The van der Waals surface area contributed by atoms with Crippen LogP contribution >= 0.6 is 0 Å². The monoisotopic (exact) mass is 404 g/mol. The third-order valence-electron chi connectivity index (χ3n) is 7.58. The molecule has 4 rings (SSSR count). The quantitative estimate of drug-likeness (QED) is 0.537. The fourth-order valence-corrected chi connectivity index (χ4v) is 6.61. The van der Waals surface area contributed by atoms with Crippen molar-refractivity contribution in [3.63, 3.8) is 0 Å². The van der Waals surface area contributed by atoms with Crippen LogP contribution in [0.25, 0.3) is 0 Å². The van der Waals surface area contributed by atoms with Gasteiger partial charge in [-0.15, -0.1) is 0 Å². The summed E-state index contributed by atoms with van der Waals surface area (Å²) < 4.78 is 10.4. The first-order chi connectivity index (χ1) is 13.5. The fraction of sp³-hybridized carbons (Fsp3) is 0.682. The van der Waals surface area contributed by atoms with E-state index in [1.165, 1.54) is 7.11 Å². The third kappa shape index (κ3) is 2.74. The minimum absolute atomic E-state index is 0.00888. The molecule has 4 aliphatic rings. The summed E-state index contributed by atoms with van der Waals surface area (Å²) in [4.78, 5) is 37.2. The number of methoxy groups -OCH3 is 1. The van der Waals surface area contributed by atoms with E-state index >= 15 is 0 Å². The van der Waals surface area contributed by atoms with Crippen molar-refractivity contribution in [3.05, 3.63) is 23.8 Å². The zero-order valence-electron chi connectivity index (χ0n) is 17.0. The molecule has 7 heteroatoms. The van der Waals surface area contributed by atoms with Crippen LogP contribution in [0.2, 0.25) is 0 Å². The number of aliphatic hydroxyl groups is 2. The van der Waals surface area contributed by atoms with Crippen molar-refractivity contribution in [2.45, 2.75) is 57.3 Å². The zero-order valence-corrected chi connectivity index (χ0v) is 17.0. The van der Waals surface area contributed by atoms with Gasteiger partial charge in [0.05, 0.1) is 31.2 Å². The molecule has 0 unspecified atom stereocenters. The minimum Gasteiger partial charge on any atom is -0.469 e. The van der Waals surface area contributed by atoms with Gasteiger partial charge in [0.25, 0.3) is 0 Å². The van der Waals surface area contributed by atoms with Crippen molar-refractivity contribution >= 4 is 17.7 Å². The zero-order chi connectivity index (χ0) is 21.3. The molecule has 2 N–H and O–H groups in total. The molecule has 0 aromatic carbocycles. The Bertz CT molecular complexity index is 825. The average Bonchev–Trinajstić information content (AvgIpc) is 3.17. The Labute approximate surface area is 169 Å². The number of Topliss-reactive ketones (excluding diaryl/α,β-unsaturated/α-hetero) is 1. The van der Waals surface area contributed by atoms with Crippen LogP contribution in [0.4, 0.5) is 0 Å². The lowest BCUT2D eigenvalue weighted by Gasteiger charge is -2.52. The van der Waals surface area contributed by atoms with E-state index in [4.69, 9.17) is 9.47 Å². The van der Waals surface area contributed by atoms with Gasteiger partial charge in [-0.05, 0) is 13.8 Å². The fourth-order valence-electron chi connectivity index (χ4n) is 6.61. The Morgan fingerprint density at radius 1 is 1.45 bits per heavy atom. The number of carbonyl (C=O) groups is 3. The van der Waals surface area contributed by atoms with E-state index in [1.54, 1.807) is 19.9 Å². The lowest BCUT2D eigenvalue weighted by Crippen LogP contribution is -2.55. The van der Waals surface area contributed by atoms with E-state index in [1.807, 2.05) is 0 Å². The van der Waals surface area contributed by atoms with Crippen molar-refractivity contribution < 1.29 is 34.1 Å². The van der Waals surface area contributed by atoms with E-state index in [9.17, 15) is 24.6 Å². The largest absolute Gasteiger partial charge is 0.469 e. The lowest BCUT2D eigenvalue weighted by molar-refractivity contribution is -0.146. The van der Waals surface area contributed by atoms with Crippen LogP contribution in [-0.2, 0) is 23.9 Å². The SMILES string of the molecule is C=C(C)[C@H](CC(=O)OC)C1=C[C@H]2C(=O)O[C@@H]3C[C@](C)(O)[C@@H]([C@@H]32)[C@]12CC(=O)C[C@@H]2O. The third-order valence-corrected chi connectivity index (χ3v) is 7.58. The molecule has 1 heterocycles. The second kappa shape index (κ2) is 6.51. The van der Waals surface area contributed by atoms with Crippen molar-refractivity contribution in [2.24, 2.45) is 29.1 Å². The number of allylic oxidation sites excluding steroid dienone is 1. The molecule has 3 fully saturated rings. The number of esters is 2. The highest BCUT2D eigenvalue weighted by Gasteiger charge is 2.71. The molecule has 158 valence electrons. The number of fused-ring (bicyclic) bond motifs is 1. The Kier molecular flexibility index (Phi) is 4.55. The van der Waals surface area contributed by atoms with Crippen LogP contribution in [0.5, 0.6) is 0 Å². The molecule has 7 nitrogen and oxygen atoms in total. The summed E-state index contributed by atoms with van der Waals surface area (Å²) in [7, 11) is 1.30. The van der Waals surface area contributed by atoms with Gasteiger partial charge < -0.3 is 19.7 Å². The summed E-state index contributed by atoms with van der Waals surface area (Å²) in [5.41, 5.74) is -0.960. The summed E-state index contributed by atoms with van der Waals surface area (Å²) in [6.45, 7) is 7.49. The van der Waals surface area contributed by atoms with Crippen LogP contribution < -0.4 is 0 Å². The van der Waals surface area contributed by atoms with Gasteiger partial charge >= 0.3 is 11.9 Å². The number of aliphatic hydroxyl groups excluding tert-OH is 1. The van der Waals surface area contributed by atoms with E-state index in [2.05, 4.69) is 6.58 Å². The number of rotatable bonds is 4. The first-order valence-corrected chi connectivity index (χ1v) is 10.1. The minimum atomic E-state index is -1.22. The van der Waals surface area contributed by atoms with Crippen molar-refractivity contribution in [3.8, 4) is 0 Å². The predicted molar refractivity (Wildman–Crippen MR) is 101 cm³/mol.